The molecule has 0 unspecified atom stereocenters. The van der Waals surface area contributed by atoms with Gasteiger partial charge in [0.05, 0.1) is 0 Å². The van der Waals surface area contributed by atoms with Crippen molar-refractivity contribution in [2.75, 3.05) is 6.54 Å². The lowest BCUT2D eigenvalue weighted by Crippen LogP contribution is -2.32. The summed E-state index contributed by atoms with van der Waals surface area (Å²) >= 11 is 0. The van der Waals surface area contributed by atoms with Gasteiger partial charge in [-0.1, -0.05) is 6.07 Å². The van der Waals surface area contributed by atoms with Gasteiger partial charge in [0.15, 0.2) is 0 Å². The molecule has 0 fully saturated rings. The maximum Gasteiger partial charge on any atom is 0.130 e. The molecule has 0 radical (unpaired) electrons. The highest BCUT2D eigenvalue weighted by Gasteiger charge is 2.04. The molecule has 0 aliphatic carbocycles. The van der Waals surface area contributed by atoms with Crippen LogP contribution in [-0.4, -0.2) is 12.6 Å². The zero-order valence-corrected chi connectivity index (χ0v) is 8.06. The molecule has 0 aliphatic heterocycles. The largest absolute Gasteiger partial charge is 0.329 e. The Morgan fingerprint density at radius 2 is 2.14 bits per heavy atom. The molecule has 0 saturated carbocycles. The smallest absolute Gasteiger partial charge is 0.130 e. The lowest BCUT2D eigenvalue weighted by atomic mass is 10.2. The van der Waals surface area contributed by atoms with Gasteiger partial charge < -0.3 is 11.1 Å². The Labute approximate surface area is 82.1 Å². The minimum atomic E-state index is -0.557. The summed E-state index contributed by atoms with van der Waals surface area (Å²) < 4.78 is 25.6. The van der Waals surface area contributed by atoms with E-state index in [0.29, 0.717) is 18.7 Å². The van der Waals surface area contributed by atoms with Crippen LogP contribution in [-0.2, 0) is 6.54 Å². The molecule has 0 aliphatic rings. The van der Waals surface area contributed by atoms with Gasteiger partial charge in [-0.15, -0.1) is 0 Å². The highest BCUT2D eigenvalue weighted by Crippen LogP contribution is 2.09. The van der Waals surface area contributed by atoms with Gasteiger partial charge in [-0.25, -0.2) is 8.78 Å². The van der Waals surface area contributed by atoms with E-state index < -0.39 is 11.6 Å². The van der Waals surface area contributed by atoms with E-state index in [1.807, 2.05) is 6.92 Å². The average Bonchev–Trinajstić information content (AvgIpc) is 2.16. The van der Waals surface area contributed by atoms with Crippen LogP contribution in [0.5, 0.6) is 0 Å². The Bertz CT molecular complexity index is 302. The number of nitrogens with two attached hydrogens (primary N) is 1. The van der Waals surface area contributed by atoms with E-state index in [1.165, 1.54) is 12.1 Å². The van der Waals surface area contributed by atoms with Crippen molar-refractivity contribution in [1.29, 1.82) is 0 Å². The molecule has 0 saturated heterocycles. The van der Waals surface area contributed by atoms with Crippen LogP contribution in [0.2, 0.25) is 0 Å². The standard InChI is InChI=1S/C10H14F2N2/c1-7(5-13)14-6-8-2-3-9(11)4-10(8)12/h2-4,7,14H,5-6,13H2,1H3/t7-/m0/s1. The summed E-state index contributed by atoms with van der Waals surface area (Å²) in [5.41, 5.74) is 5.83. The SMILES string of the molecule is C[C@@H](CN)NCc1ccc(F)cc1F. The van der Waals surface area contributed by atoms with Crippen molar-refractivity contribution < 1.29 is 8.78 Å². The highest BCUT2D eigenvalue weighted by atomic mass is 19.1. The predicted octanol–water partition coefficient (Wildman–Crippen LogP) is 1.40. The Morgan fingerprint density at radius 3 is 2.71 bits per heavy atom. The van der Waals surface area contributed by atoms with Crippen molar-refractivity contribution in [1.82, 2.24) is 5.32 Å². The Balaban J connectivity index is 2.59. The maximum atomic E-state index is 13.1. The Morgan fingerprint density at radius 1 is 1.43 bits per heavy atom. The summed E-state index contributed by atoms with van der Waals surface area (Å²) in [5.74, 6) is -1.08. The lowest BCUT2D eigenvalue weighted by Gasteiger charge is -2.11. The molecule has 0 spiro atoms. The van der Waals surface area contributed by atoms with Gasteiger partial charge in [-0.2, -0.15) is 0 Å². The van der Waals surface area contributed by atoms with Crippen LogP contribution in [0.3, 0.4) is 0 Å². The van der Waals surface area contributed by atoms with Crippen LogP contribution < -0.4 is 11.1 Å². The lowest BCUT2D eigenvalue weighted by molar-refractivity contribution is 0.526. The first-order chi connectivity index (χ1) is 6.63. The number of hydrogen-bond donors (Lipinski definition) is 2. The minimum absolute atomic E-state index is 0.124. The van der Waals surface area contributed by atoms with E-state index in [-0.39, 0.29) is 6.04 Å². The normalized spacial score (nSPS) is 12.9. The predicted molar refractivity (Wildman–Crippen MR) is 51.7 cm³/mol. The molecule has 4 heteroatoms. The second-order valence-electron chi connectivity index (χ2n) is 3.25. The first-order valence-corrected chi connectivity index (χ1v) is 4.51. The Kier molecular flexibility index (Phi) is 3.98. The molecule has 0 aromatic heterocycles. The first-order valence-electron chi connectivity index (χ1n) is 4.51. The summed E-state index contributed by atoms with van der Waals surface area (Å²) in [5, 5.41) is 3.02. The molecule has 0 bridgehead atoms. The number of hydrogen-bond acceptors (Lipinski definition) is 2. The van der Waals surface area contributed by atoms with Gasteiger partial charge in [0.25, 0.3) is 0 Å². The minimum Gasteiger partial charge on any atom is -0.329 e. The van der Waals surface area contributed by atoms with E-state index in [9.17, 15) is 8.78 Å². The zero-order chi connectivity index (χ0) is 10.6. The fraction of sp³-hybridized carbons (Fsp3) is 0.400. The highest BCUT2D eigenvalue weighted by molar-refractivity contribution is 5.18. The monoisotopic (exact) mass is 200 g/mol. The third-order valence-corrected chi connectivity index (χ3v) is 2.01. The molecule has 2 nitrogen and oxygen atoms in total. The molecule has 0 heterocycles. The van der Waals surface area contributed by atoms with Gasteiger partial charge in [-0.3, -0.25) is 0 Å². The van der Waals surface area contributed by atoms with Gasteiger partial charge in [0.2, 0.25) is 0 Å². The molecule has 1 aromatic rings. The number of nitrogens with one attached hydrogen (secondary N) is 1. The molecular weight excluding hydrogens is 186 g/mol. The van der Waals surface area contributed by atoms with E-state index in [0.717, 1.165) is 6.07 Å². The van der Waals surface area contributed by atoms with Crippen LogP contribution in [0, 0.1) is 11.6 Å². The summed E-state index contributed by atoms with van der Waals surface area (Å²) in [6.07, 6.45) is 0. The summed E-state index contributed by atoms with van der Waals surface area (Å²) in [7, 11) is 0. The van der Waals surface area contributed by atoms with Crippen molar-refractivity contribution in [3.63, 3.8) is 0 Å². The number of halogens is 2. The van der Waals surface area contributed by atoms with E-state index in [1.54, 1.807) is 0 Å². The third kappa shape index (κ3) is 3.05. The summed E-state index contributed by atoms with van der Waals surface area (Å²) in [6.45, 7) is 2.76. The van der Waals surface area contributed by atoms with Crippen molar-refractivity contribution in [2.24, 2.45) is 5.73 Å². The molecule has 14 heavy (non-hydrogen) atoms. The number of rotatable bonds is 4. The summed E-state index contributed by atoms with van der Waals surface area (Å²) in [6, 6.07) is 3.68. The van der Waals surface area contributed by atoms with Crippen molar-refractivity contribution in [3.05, 3.63) is 35.4 Å². The second-order valence-corrected chi connectivity index (χ2v) is 3.25. The van der Waals surface area contributed by atoms with E-state index >= 15 is 0 Å². The van der Waals surface area contributed by atoms with Crippen LogP contribution in [0.4, 0.5) is 8.78 Å². The first kappa shape index (κ1) is 11.1. The van der Waals surface area contributed by atoms with Gasteiger partial charge >= 0.3 is 0 Å². The molecule has 1 rings (SSSR count). The molecule has 1 atom stereocenters. The fourth-order valence-electron chi connectivity index (χ4n) is 1.03. The van der Waals surface area contributed by atoms with Gasteiger partial charge in [0, 0.05) is 30.8 Å². The van der Waals surface area contributed by atoms with Crippen LogP contribution in [0.1, 0.15) is 12.5 Å². The van der Waals surface area contributed by atoms with E-state index in [2.05, 4.69) is 5.32 Å². The summed E-state index contributed by atoms with van der Waals surface area (Å²) in [4.78, 5) is 0. The zero-order valence-electron chi connectivity index (χ0n) is 8.06. The van der Waals surface area contributed by atoms with Crippen LogP contribution in [0.15, 0.2) is 18.2 Å². The van der Waals surface area contributed by atoms with Crippen molar-refractivity contribution >= 4 is 0 Å². The Hall–Kier alpha value is -1.00. The average molecular weight is 200 g/mol. The van der Waals surface area contributed by atoms with Crippen molar-refractivity contribution in [3.8, 4) is 0 Å². The topological polar surface area (TPSA) is 38.0 Å². The molecule has 3 N–H and O–H groups in total. The van der Waals surface area contributed by atoms with Gasteiger partial charge in [-0.05, 0) is 13.0 Å². The van der Waals surface area contributed by atoms with Gasteiger partial charge in [0.1, 0.15) is 11.6 Å². The van der Waals surface area contributed by atoms with E-state index in [4.69, 9.17) is 5.73 Å². The quantitative estimate of drug-likeness (QED) is 0.771. The second kappa shape index (κ2) is 5.02. The fourth-order valence-corrected chi connectivity index (χ4v) is 1.03. The molecule has 78 valence electrons. The third-order valence-electron chi connectivity index (χ3n) is 2.01. The maximum absolute atomic E-state index is 13.1. The van der Waals surface area contributed by atoms with Crippen molar-refractivity contribution in [2.45, 2.75) is 19.5 Å². The number of benzene rings is 1. The van der Waals surface area contributed by atoms with Crippen LogP contribution in [0.25, 0.3) is 0 Å². The van der Waals surface area contributed by atoms with Crippen LogP contribution >= 0.6 is 0 Å². The molecular formula is C10H14F2N2. The molecule has 0 amide bonds. The molecule has 1 aromatic carbocycles.